The first-order valence-corrected chi connectivity index (χ1v) is 11.0. The molecule has 0 spiro atoms. The number of para-hydroxylation sites is 2. The predicted octanol–water partition coefficient (Wildman–Crippen LogP) is 5.90. The molecule has 28 heavy (non-hydrogen) atoms. The summed E-state index contributed by atoms with van der Waals surface area (Å²) in [5.74, 6) is 1.29. The first-order chi connectivity index (χ1) is 13.4. The zero-order valence-corrected chi connectivity index (χ0v) is 17.3. The van der Waals surface area contributed by atoms with Gasteiger partial charge < -0.3 is 4.74 Å². The Bertz CT molecular complexity index is 1100. The Labute approximate surface area is 174 Å². The SMILES string of the molecule is CCN(C1c2ccccc2Oc2ccccc21)S(=O)(=O)c1ccc(Cl)c(Cl)c1. The van der Waals surface area contributed by atoms with E-state index in [0.29, 0.717) is 16.5 Å². The lowest BCUT2D eigenvalue weighted by Gasteiger charge is -2.35. The van der Waals surface area contributed by atoms with E-state index in [-0.39, 0.29) is 16.5 Å². The molecule has 0 radical (unpaired) electrons. The quantitative estimate of drug-likeness (QED) is 0.514. The summed E-state index contributed by atoms with van der Waals surface area (Å²) in [6, 6.07) is 18.8. The highest BCUT2D eigenvalue weighted by Crippen LogP contribution is 2.47. The molecular formula is C21H17Cl2NO3S. The molecule has 0 amide bonds. The Kier molecular flexibility index (Phi) is 5.10. The van der Waals surface area contributed by atoms with Crippen LogP contribution in [0.15, 0.2) is 71.6 Å². The van der Waals surface area contributed by atoms with E-state index in [2.05, 4.69) is 0 Å². The molecule has 0 saturated carbocycles. The summed E-state index contributed by atoms with van der Waals surface area (Å²) >= 11 is 12.1. The molecule has 7 heteroatoms. The van der Waals surface area contributed by atoms with Crippen molar-refractivity contribution in [3.8, 4) is 11.5 Å². The highest BCUT2D eigenvalue weighted by Gasteiger charge is 2.37. The van der Waals surface area contributed by atoms with E-state index in [1.165, 1.54) is 22.5 Å². The lowest BCUT2D eigenvalue weighted by Crippen LogP contribution is -2.36. The topological polar surface area (TPSA) is 46.6 Å². The van der Waals surface area contributed by atoms with Crippen LogP contribution < -0.4 is 4.74 Å². The van der Waals surface area contributed by atoms with Gasteiger partial charge in [0.05, 0.1) is 21.0 Å². The number of fused-ring (bicyclic) bond motifs is 2. The number of rotatable bonds is 4. The van der Waals surface area contributed by atoms with Gasteiger partial charge in [-0.05, 0) is 30.3 Å². The van der Waals surface area contributed by atoms with Gasteiger partial charge in [0, 0.05) is 17.7 Å². The van der Waals surface area contributed by atoms with Crippen LogP contribution in [0.5, 0.6) is 11.5 Å². The molecule has 0 N–H and O–H groups in total. The van der Waals surface area contributed by atoms with Gasteiger partial charge in [-0.15, -0.1) is 0 Å². The lowest BCUT2D eigenvalue weighted by molar-refractivity contribution is 0.339. The lowest BCUT2D eigenvalue weighted by atomic mass is 9.94. The fourth-order valence-corrected chi connectivity index (χ4v) is 5.44. The molecule has 4 nitrogen and oxygen atoms in total. The van der Waals surface area contributed by atoms with E-state index in [4.69, 9.17) is 27.9 Å². The van der Waals surface area contributed by atoms with Crippen LogP contribution in [-0.2, 0) is 10.0 Å². The third-order valence-electron chi connectivity index (χ3n) is 4.74. The number of hydrogen-bond donors (Lipinski definition) is 0. The van der Waals surface area contributed by atoms with Crippen molar-refractivity contribution in [1.82, 2.24) is 4.31 Å². The van der Waals surface area contributed by atoms with E-state index in [0.717, 1.165) is 11.1 Å². The van der Waals surface area contributed by atoms with Gasteiger partial charge >= 0.3 is 0 Å². The normalized spacial score (nSPS) is 13.7. The Hall–Kier alpha value is -2.05. The molecule has 1 aliphatic rings. The van der Waals surface area contributed by atoms with E-state index in [1.807, 2.05) is 55.5 Å². The Balaban J connectivity index is 1.90. The maximum atomic E-state index is 13.5. The molecule has 0 fully saturated rings. The Morgan fingerprint density at radius 2 is 1.46 bits per heavy atom. The van der Waals surface area contributed by atoms with E-state index < -0.39 is 16.1 Å². The average molecular weight is 434 g/mol. The number of hydrogen-bond acceptors (Lipinski definition) is 3. The second-order valence-electron chi connectivity index (χ2n) is 6.36. The van der Waals surface area contributed by atoms with Crippen LogP contribution in [0.3, 0.4) is 0 Å². The van der Waals surface area contributed by atoms with Crippen molar-refractivity contribution in [2.75, 3.05) is 6.54 Å². The number of nitrogens with zero attached hydrogens (tertiary/aromatic N) is 1. The molecule has 0 aromatic heterocycles. The summed E-state index contributed by atoms with van der Waals surface area (Å²) in [6.07, 6.45) is 0. The van der Waals surface area contributed by atoms with Gasteiger partial charge in [0.1, 0.15) is 11.5 Å². The first kappa shape index (κ1) is 19.3. The van der Waals surface area contributed by atoms with Crippen molar-refractivity contribution >= 4 is 33.2 Å². The van der Waals surface area contributed by atoms with Crippen molar-refractivity contribution in [2.24, 2.45) is 0 Å². The fraction of sp³-hybridized carbons (Fsp3) is 0.143. The number of sulfonamides is 1. The van der Waals surface area contributed by atoms with Crippen molar-refractivity contribution in [1.29, 1.82) is 0 Å². The smallest absolute Gasteiger partial charge is 0.243 e. The molecule has 1 aliphatic heterocycles. The molecule has 0 aliphatic carbocycles. The van der Waals surface area contributed by atoms with Crippen LogP contribution in [0.4, 0.5) is 0 Å². The van der Waals surface area contributed by atoms with Crippen molar-refractivity contribution in [3.05, 3.63) is 87.9 Å². The van der Waals surface area contributed by atoms with Crippen LogP contribution in [0.2, 0.25) is 10.0 Å². The minimum absolute atomic E-state index is 0.102. The average Bonchev–Trinajstić information content (AvgIpc) is 2.69. The summed E-state index contributed by atoms with van der Waals surface area (Å²) in [5.41, 5.74) is 1.60. The minimum Gasteiger partial charge on any atom is -0.457 e. The van der Waals surface area contributed by atoms with Crippen LogP contribution in [-0.4, -0.2) is 19.3 Å². The second kappa shape index (κ2) is 7.41. The van der Waals surface area contributed by atoms with Gasteiger partial charge in [-0.3, -0.25) is 0 Å². The van der Waals surface area contributed by atoms with Crippen LogP contribution >= 0.6 is 23.2 Å². The minimum atomic E-state index is -3.84. The highest BCUT2D eigenvalue weighted by molar-refractivity contribution is 7.89. The summed E-state index contributed by atoms with van der Waals surface area (Å²) in [7, 11) is -3.84. The largest absolute Gasteiger partial charge is 0.457 e. The van der Waals surface area contributed by atoms with E-state index >= 15 is 0 Å². The van der Waals surface area contributed by atoms with E-state index in [1.54, 1.807) is 0 Å². The van der Waals surface area contributed by atoms with Crippen LogP contribution in [0.1, 0.15) is 24.1 Å². The van der Waals surface area contributed by atoms with Crippen molar-refractivity contribution in [3.63, 3.8) is 0 Å². The van der Waals surface area contributed by atoms with Gasteiger partial charge in [-0.1, -0.05) is 66.5 Å². The molecule has 3 aromatic rings. The summed E-state index contributed by atoms with van der Waals surface area (Å²) < 4.78 is 34.5. The molecule has 0 atom stereocenters. The molecule has 4 rings (SSSR count). The summed E-state index contributed by atoms with van der Waals surface area (Å²) in [6.45, 7) is 2.09. The van der Waals surface area contributed by atoms with Crippen molar-refractivity contribution < 1.29 is 13.2 Å². The maximum absolute atomic E-state index is 13.5. The summed E-state index contributed by atoms with van der Waals surface area (Å²) in [5, 5.41) is 0.511. The maximum Gasteiger partial charge on any atom is 0.243 e. The molecular weight excluding hydrogens is 417 g/mol. The number of ether oxygens (including phenoxy) is 1. The third kappa shape index (κ3) is 3.18. The zero-order valence-electron chi connectivity index (χ0n) is 15.0. The van der Waals surface area contributed by atoms with Crippen LogP contribution in [0, 0.1) is 0 Å². The summed E-state index contributed by atoms with van der Waals surface area (Å²) in [4.78, 5) is 0.102. The van der Waals surface area contributed by atoms with Gasteiger partial charge in [0.25, 0.3) is 0 Å². The van der Waals surface area contributed by atoms with E-state index in [9.17, 15) is 8.42 Å². The third-order valence-corrected chi connectivity index (χ3v) is 7.42. The molecule has 1 heterocycles. The standard InChI is InChI=1S/C21H17Cl2NO3S/c1-2-24(28(25,26)14-11-12-17(22)18(23)13-14)21-15-7-3-5-9-19(15)27-20-10-6-4-8-16(20)21/h3-13,21H,2H2,1H3. The second-order valence-corrected chi connectivity index (χ2v) is 9.07. The van der Waals surface area contributed by atoms with Gasteiger partial charge in [-0.2, -0.15) is 4.31 Å². The van der Waals surface area contributed by atoms with Crippen molar-refractivity contribution in [2.45, 2.75) is 17.9 Å². The Morgan fingerprint density at radius 3 is 2.00 bits per heavy atom. The predicted molar refractivity (Wildman–Crippen MR) is 111 cm³/mol. The zero-order chi connectivity index (χ0) is 19.9. The van der Waals surface area contributed by atoms with Gasteiger partial charge in [0.2, 0.25) is 10.0 Å². The molecule has 0 bridgehead atoms. The monoisotopic (exact) mass is 433 g/mol. The van der Waals surface area contributed by atoms with Crippen LogP contribution in [0.25, 0.3) is 0 Å². The Morgan fingerprint density at radius 1 is 0.893 bits per heavy atom. The number of benzene rings is 3. The molecule has 0 unspecified atom stereocenters. The first-order valence-electron chi connectivity index (χ1n) is 8.76. The molecule has 3 aromatic carbocycles. The molecule has 0 saturated heterocycles. The highest BCUT2D eigenvalue weighted by atomic mass is 35.5. The van der Waals surface area contributed by atoms with Gasteiger partial charge in [-0.25, -0.2) is 8.42 Å². The van der Waals surface area contributed by atoms with Gasteiger partial charge in [0.15, 0.2) is 0 Å². The molecule has 144 valence electrons. The number of halogens is 2. The fourth-order valence-electron chi connectivity index (χ4n) is 3.46.